The van der Waals surface area contributed by atoms with Crippen LogP contribution in [0.25, 0.3) is 11.4 Å². The van der Waals surface area contributed by atoms with Gasteiger partial charge in [-0.25, -0.2) is 9.97 Å². The van der Waals surface area contributed by atoms with Gasteiger partial charge in [-0.15, -0.1) is 0 Å². The van der Waals surface area contributed by atoms with Gasteiger partial charge in [0.05, 0.1) is 0 Å². The molecular weight excluding hydrogens is 296 g/mol. The van der Waals surface area contributed by atoms with Gasteiger partial charge in [0, 0.05) is 30.6 Å². The Kier molecular flexibility index (Phi) is 4.61. The molecule has 5 heteroatoms. The Morgan fingerprint density at radius 1 is 0.955 bits per heavy atom. The summed E-state index contributed by atoms with van der Waals surface area (Å²) in [5.74, 6) is 1.32. The normalized spacial score (nSPS) is 10.4. The number of hydrogen-bond donors (Lipinski definition) is 1. The maximum Gasteiger partial charge on any atom is 0.163 e. The van der Waals surface area contributed by atoms with E-state index in [0.717, 1.165) is 24.3 Å². The van der Waals surface area contributed by atoms with Gasteiger partial charge in [-0.2, -0.15) is 0 Å². The summed E-state index contributed by atoms with van der Waals surface area (Å²) in [6, 6.07) is 15.8. The second-order valence-corrected chi connectivity index (χ2v) is 5.19. The minimum atomic E-state index is 0.420. The average Bonchev–Trinajstić information content (AvgIpc) is 2.56. The molecule has 1 N–H and O–H groups in total. The maximum absolute atomic E-state index is 6.09. The number of halogens is 1. The third-order valence-corrected chi connectivity index (χ3v) is 3.39. The van der Waals surface area contributed by atoms with Crippen LogP contribution in [0.15, 0.2) is 60.9 Å². The molecule has 0 radical (unpaired) electrons. The van der Waals surface area contributed by atoms with E-state index in [-0.39, 0.29) is 0 Å². The zero-order valence-corrected chi connectivity index (χ0v) is 12.7. The second-order valence-electron chi connectivity index (χ2n) is 4.80. The lowest BCUT2D eigenvalue weighted by Gasteiger charge is -2.08. The van der Waals surface area contributed by atoms with Gasteiger partial charge in [0.2, 0.25) is 0 Å². The fraction of sp³-hybridized carbons (Fsp3) is 0.118. The van der Waals surface area contributed by atoms with Crippen molar-refractivity contribution in [3.8, 4) is 11.4 Å². The van der Waals surface area contributed by atoms with Crippen molar-refractivity contribution in [3.05, 3.63) is 71.6 Å². The molecule has 2 aromatic heterocycles. The summed E-state index contributed by atoms with van der Waals surface area (Å²) >= 11 is 6.09. The van der Waals surface area contributed by atoms with Crippen molar-refractivity contribution in [2.45, 2.75) is 6.42 Å². The molecular formula is C17H15ClN4. The van der Waals surface area contributed by atoms with Crippen LogP contribution >= 0.6 is 11.6 Å². The quantitative estimate of drug-likeness (QED) is 0.727. The SMILES string of the molecule is Clc1cc(NCCc2ccccc2)nc(-c2ccncc2)n1. The molecule has 0 aliphatic heterocycles. The summed E-state index contributed by atoms with van der Waals surface area (Å²) in [5, 5.41) is 3.71. The lowest BCUT2D eigenvalue weighted by atomic mass is 10.1. The molecule has 0 bridgehead atoms. The molecule has 4 nitrogen and oxygen atoms in total. The molecule has 22 heavy (non-hydrogen) atoms. The van der Waals surface area contributed by atoms with Crippen molar-refractivity contribution in [2.24, 2.45) is 0 Å². The number of nitrogens with one attached hydrogen (secondary N) is 1. The number of rotatable bonds is 5. The highest BCUT2D eigenvalue weighted by molar-refractivity contribution is 6.29. The molecule has 0 unspecified atom stereocenters. The summed E-state index contributed by atoms with van der Waals surface area (Å²) in [6.45, 7) is 0.785. The second kappa shape index (κ2) is 7.00. The Hall–Kier alpha value is -2.46. The Balaban J connectivity index is 1.70. The zero-order chi connectivity index (χ0) is 15.2. The van der Waals surface area contributed by atoms with Gasteiger partial charge in [0.1, 0.15) is 11.0 Å². The number of benzene rings is 1. The van der Waals surface area contributed by atoms with Crippen LogP contribution < -0.4 is 5.32 Å². The van der Waals surface area contributed by atoms with E-state index in [2.05, 4.69) is 32.4 Å². The van der Waals surface area contributed by atoms with E-state index in [0.29, 0.717) is 11.0 Å². The minimum Gasteiger partial charge on any atom is -0.370 e. The first kappa shape index (κ1) is 14.5. The molecule has 0 spiro atoms. The molecule has 0 aliphatic carbocycles. The van der Waals surface area contributed by atoms with Crippen LogP contribution in [-0.2, 0) is 6.42 Å². The van der Waals surface area contributed by atoms with Crippen molar-refractivity contribution >= 4 is 17.4 Å². The van der Waals surface area contributed by atoms with E-state index in [1.807, 2.05) is 30.3 Å². The Labute approximate surface area is 134 Å². The molecule has 3 aromatic rings. The molecule has 2 heterocycles. The standard InChI is InChI=1S/C17H15ClN4/c18-15-12-16(20-11-6-13-4-2-1-3-5-13)22-17(21-15)14-7-9-19-10-8-14/h1-5,7-10,12H,6,11H2,(H,20,21,22). The first-order chi connectivity index (χ1) is 10.8. The largest absolute Gasteiger partial charge is 0.370 e. The van der Waals surface area contributed by atoms with Crippen molar-refractivity contribution in [1.82, 2.24) is 15.0 Å². The molecule has 0 atom stereocenters. The van der Waals surface area contributed by atoms with Crippen LogP contribution in [0.2, 0.25) is 5.15 Å². The van der Waals surface area contributed by atoms with Gasteiger partial charge in [0.15, 0.2) is 5.82 Å². The molecule has 3 rings (SSSR count). The highest BCUT2D eigenvalue weighted by atomic mass is 35.5. The molecule has 0 saturated carbocycles. The summed E-state index contributed by atoms with van der Waals surface area (Å²) < 4.78 is 0. The molecule has 0 amide bonds. The number of hydrogen-bond acceptors (Lipinski definition) is 4. The van der Waals surface area contributed by atoms with Crippen LogP contribution in [0.1, 0.15) is 5.56 Å². The van der Waals surface area contributed by atoms with E-state index >= 15 is 0 Å². The number of nitrogens with zero attached hydrogens (tertiary/aromatic N) is 3. The Morgan fingerprint density at radius 3 is 2.50 bits per heavy atom. The van der Waals surface area contributed by atoms with Crippen LogP contribution in [0.3, 0.4) is 0 Å². The zero-order valence-electron chi connectivity index (χ0n) is 11.9. The van der Waals surface area contributed by atoms with Crippen molar-refractivity contribution in [1.29, 1.82) is 0 Å². The maximum atomic E-state index is 6.09. The summed E-state index contributed by atoms with van der Waals surface area (Å²) in [7, 11) is 0. The van der Waals surface area contributed by atoms with Crippen molar-refractivity contribution in [3.63, 3.8) is 0 Å². The van der Waals surface area contributed by atoms with E-state index in [1.165, 1.54) is 5.56 Å². The fourth-order valence-corrected chi connectivity index (χ4v) is 2.30. The summed E-state index contributed by atoms with van der Waals surface area (Å²) in [5.41, 5.74) is 2.17. The lowest BCUT2D eigenvalue weighted by Crippen LogP contribution is -2.07. The average molecular weight is 311 g/mol. The number of aromatic nitrogens is 3. The predicted molar refractivity (Wildman–Crippen MR) is 88.9 cm³/mol. The lowest BCUT2D eigenvalue weighted by molar-refractivity contribution is 1.00. The third kappa shape index (κ3) is 3.80. The van der Waals surface area contributed by atoms with Gasteiger partial charge in [-0.3, -0.25) is 4.98 Å². The number of pyridine rings is 1. The third-order valence-electron chi connectivity index (χ3n) is 3.20. The molecule has 110 valence electrons. The molecule has 0 fully saturated rings. The van der Waals surface area contributed by atoms with Gasteiger partial charge < -0.3 is 5.32 Å². The van der Waals surface area contributed by atoms with Gasteiger partial charge >= 0.3 is 0 Å². The molecule has 0 aliphatic rings. The predicted octanol–water partition coefficient (Wildman–Crippen LogP) is 3.85. The van der Waals surface area contributed by atoms with E-state index < -0.39 is 0 Å². The number of anilines is 1. The van der Waals surface area contributed by atoms with Crippen LogP contribution in [-0.4, -0.2) is 21.5 Å². The first-order valence-corrected chi connectivity index (χ1v) is 7.42. The van der Waals surface area contributed by atoms with Crippen LogP contribution in [0.4, 0.5) is 5.82 Å². The van der Waals surface area contributed by atoms with Gasteiger partial charge in [-0.05, 0) is 24.1 Å². The fourth-order valence-electron chi connectivity index (χ4n) is 2.12. The smallest absolute Gasteiger partial charge is 0.163 e. The first-order valence-electron chi connectivity index (χ1n) is 7.04. The summed E-state index contributed by atoms with van der Waals surface area (Å²) in [4.78, 5) is 12.8. The van der Waals surface area contributed by atoms with E-state index in [1.54, 1.807) is 18.5 Å². The van der Waals surface area contributed by atoms with Gasteiger partial charge in [-0.1, -0.05) is 41.9 Å². The van der Waals surface area contributed by atoms with Gasteiger partial charge in [0.25, 0.3) is 0 Å². The molecule has 1 aromatic carbocycles. The molecule has 0 saturated heterocycles. The summed E-state index contributed by atoms with van der Waals surface area (Å²) in [6.07, 6.45) is 4.34. The Bertz CT molecular complexity index is 732. The van der Waals surface area contributed by atoms with E-state index in [9.17, 15) is 0 Å². The Morgan fingerprint density at radius 2 is 1.73 bits per heavy atom. The van der Waals surface area contributed by atoms with E-state index in [4.69, 9.17) is 11.6 Å². The highest BCUT2D eigenvalue weighted by Gasteiger charge is 2.05. The minimum absolute atomic E-state index is 0.420. The van der Waals surface area contributed by atoms with Crippen molar-refractivity contribution < 1.29 is 0 Å². The van der Waals surface area contributed by atoms with Crippen LogP contribution in [0.5, 0.6) is 0 Å². The van der Waals surface area contributed by atoms with Crippen molar-refractivity contribution in [2.75, 3.05) is 11.9 Å². The monoisotopic (exact) mass is 310 g/mol. The highest BCUT2D eigenvalue weighted by Crippen LogP contribution is 2.19. The topological polar surface area (TPSA) is 50.7 Å². The van der Waals surface area contributed by atoms with Crippen LogP contribution in [0, 0.1) is 0 Å².